The highest BCUT2D eigenvalue weighted by atomic mass is 35.5. The summed E-state index contributed by atoms with van der Waals surface area (Å²) in [5, 5.41) is 12.7. The first-order valence-corrected chi connectivity index (χ1v) is 8.97. The number of rotatable bonds is 2. The number of pyridine rings is 2. The topological polar surface area (TPSA) is 81.6 Å². The Morgan fingerprint density at radius 2 is 2.15 bits per heavy atom. The van der Waals surface area contributed by atoms with Gasteiger partial charge in [-0.25, -0.2) is 14.2 Å². The molecule has 0 saturated carbocycles. The summed E-state index contributed by atoms with van der Waals surface area (Å²) in [4.78, 5) is 24.7. The van der Waals surface area contributed by atoms with Crippen LogP contribution < -0.4 is 10.2 Å². The summed E-state index contributed by atoms with van der Waals surface area (Å²) in [6.07, 6.45) is 1.14. The summed E-state index contributed by atoms with van der Waals surface area (Å²) in [6.45, 7) is 1.68. The number of anilines is 2. The van der Waals surface area contributed by atoms with Crippen molar-refractivity contribution in [3.05, 3.63) is 23.4 Å². The summed E-state index contributed by atoms with van der Waals surface area (Å²) in [6, 6.07) is 3.24. The van der Waals surface area contributed by atoms with Crippen LogP contribution in [0.3, 0.4) is 0 Å². The predicted octanol–water partition coefficient (Wildman–Crippen LogP) is 2.43. The van der Waals surface area contributed by atoms with Crippen LogP contribution in [-0.2, 0) is 0 Å². The second-order valence-electron chi connectivity index (χ2n) is 6.67. The number of nitrogens with zero attached hydrogens (tertiary/aromatic N) is 4. The largest absolute Gasteiger partial charge is 0.391 e. The molecule has 2 amide bonds. The molecular weight excluding hydrogens is 361 g/mol. The summed E-state index contributed by atoms with van der Waals surface area (Å²) < 4.78 is 13.5. The second kappa shape index (κ2) is 6.85. The van der Waals surface area contributed by atoms with Gasteiger partial charge in [0.15, 0.2) is 0 Å². The van der Waals surface area contributed by atoms with E-state index in [1.165, 1.54) is 11.1 Å². The normalized spacial score (nSPS) is 23.0. The van der Waals surface area contributed by atoms with E-state index in [1.807, 2.05) is 4.90 Å². The molecule has 2 aromatic rings. The van der Waals surface area contributed by atoms with E-state index < -0.39 is 12.3 Å². The predicted molar refractivity (Wildman–Crippen MR) is 97.5 cm³/mol. The number of aromatic nitrogens is 2. The van der Waals surface area contributed by atoms with Crippen LogP contribution in [0.25, 0.3) is 11.0 Å². The van der Waals surface area contributed by atoms with Gasteiger partial charge >= 0.3 is 6.03 Å². The minimum Gasteiger partial charge on any atom is -0.391 e. The molecule has 138 valence electrons. The molecule has 26 heavy (non-hydrogen) atoms. The maximum Gasteiger partial charge on any atom is 0.322 e. The number of aliphatic hydroxyl groups is 1. The van der Waals surface area contributed by atoms with Gasteiger partial charge in [0.1, 0.15) is 17.5 Å². The van der Waals surface area contributed by atoms with Gasteiger partial charge in [-0.15, -0.1) is 0 Å². The Bertz CT molecular complexity index is 851. The van der Waals surface area contributed by atoms with Crippen molar-refractivity contribution in [2.75, 3.05) is 36.4 Å². The number of β-amino-alcohol motifs (C(OH)–C–C–N with tert-alkyl or cyclic N) is 1. The highest BCUT2D eigenvalue weighted by molar-refractivity contribution is 6.35. The maximum atomic E-state index is 13.5. The van der Waals surface area contributed by atoms with Crippen LogP contribution in [0.4, 0.5) is 20.7 Å². The van der Waals surface area contributed by atoms with E-state index in [0.717, 1.165) is 0 Å². The summed E-state index contributed by atoms with van der Waals surface area (Å²) in [7, 11) is 0. The quantitative estimate of drug-likeness (QED) is 0.837. The van der Waals surface area contributed by atoms with E-state index >= 15 is 0 Å². The monoisotopic (exact) mass is 379 g/mol. The fourth-order valence-electron chi connectivity index (χ4n) is 3.37. The molecule has 7 nitrogen and oxygen atoms in total. The zero-order chi connectivity index (χ0) is 18.3. The Hall–Kier alpha value is -2.19. The van der Waals surface area contributed by atoms with Crippen molar-refractivity contribution in [3.8, 4) is 0 Å². The van der Waals surface area contributed by atoms with Crippen LogP contribution in [0, 0.1) is 0 Å². The first-order chi connectivity index (χ1) is 12.5. The molecule has 0 radical (unpaired) electrons. The lowest BCUT2D eigenvalue weighted by molar-refractivity contribution is 0.176. The Morgan fingerprint density at radius 1 is 1.31 bits per heavy atom. The molecule has 9 heteroatoms. The number of aliphatic hydroxyl groups excluding tert-OH is 1. The molecular formula is C17H19ClFN5O2. The van der Waals surface area contributed by atoms with Crippen molar-refractivity contribution in [2.45, 2.75) is 25.1 Å². The fraction of sp³-hybridized carbons (Fsp3) is 0.471. The molecule has 2 aliphatic heterocycles. The van der Waals surface area contributed by atoms with Gasteiger partial charge in [-0.05, 0) is 25.0 Å². The van der Waals surface area contributed by atoms with Gasteiger partial charge in [0.05, 0.1) is 28.9 Å². The number of nitrogens with one attached hydrogen (secondary N) is 1. The Morgan fingerprint density at radius 3 is 2.85 bits per heavy atom. The Labute approximate surface area is 154 Å². The van der Waals surface area contributed by atoms with E-state index in [0.29, 0.717) is 55.0 Å². The van der Waals surface area contributed by atoms with Crippen LogP contribution >= 0.6 is 11.6 Å². The number of carbonyl (C=O) groups is 1. The highest BCUT2D eigenvalue weighted by Crippen LogP contribution is 2.31. The third kappa shape index (κ3) is 3.26. The second-order valence-corrected chi connectivity index (χ2v) is 7.08. The summed E-state index contributed by atoms with van der Waals surface area (Å²) in [5.74, 6) is 0.633. The van der Waals surface area contributed by atoms with Gasteiger partial charge in [0.2, 0.25) is 0 Å². The van der Waals surface area contributed by atoms with E-state index in [9.17, 15) is 14.3 Å². The van der Waals surface area contributed by atoms with E-state index in [2.05, 4.69) is 15.3 Å². The molecule has 0 aromatic carbocycles. The van der Waals surface area contributed by atoms with Crippen LogP contribution in [0.5, 0.6) is 0 Å². The molecule has 2 saturated heterocycles. The van der Waals surface area contributed by atoms with Gasteiger partial charge in [-0.2, -0.15) is 0 Å². The number of alkyl halides is 1. The SMILES string of the molecule is O=C(Nc1c(Cl)cnc2ccc(N3CCC(F)C3)nc12)N1CCC(O)C1. The summed E-state index contributed by atoms with van der Waals surface area (Å²) >= 11 is 6.26. The molecule has 2 fully saturated rings. The smallest absolute Gasteiger partial charge is 0.322 e. The maximum absolute atomic E-state index is 13.5. The molecule has 0 bridgehead atoms. The van der Waals surface area contributed by atoms with E-state index in [4.69, 9.17) is 11.6 Å². The first-order valence-electron chi connectivity index (χ1n) is 8.59. The average Bonchev–Trinajstić information content (AvgIpc) is 3.25. The fourth-order valence-corrected chi connectivity index (χ4v) is 3.55. The molecule has 2 aromatic heterocycles. The minimum atomic E-state index is -0.856. The molecule has 0 aliphatic carbocycles. The van der Waals surface area contributed by atoms with Crippen LogP contribution in [-0.4, -0.2) is 64.5 Å². The third-order valence-electron chi connectivity index (χ3n) is 4.79. The number of urea groups is 1. The van der Waals surface area contributed by atoms with Gasteiger partial charge in [-0.1, -0.05) is 11.6 Å². The summed E-state index contributed by atoms with van der Waals surface area (Å²) in [5.41, 5.74) is 1.43. The van der Waals surface area contributed by atoms with E-state index in [1.54, 1.807) is 12.1 Å². The molecule has 2 atom stereocenters. The number of carbonyl (C=O) groups excluding carboxylic acids is 1. The van der Waals surface area contributed by atoms with Crippen molar-refractivity contribution >= 4 is 40.2 Å². The highest BCUT2D eigenvalue weighted by Gasteiger charge is 2.26. The molecule has 2 unspecified atom stereocenters. The van der Waals surface area contributed by atoms with E-state index in [-0.39, 0.29) is 17.6 Å². The lowest BCUT2D eigenvalue weighted by Gasteiger charge is -2.19. The molecule has 2 N–H and O–H groups in total. The number of amides is 2. The van der Waals surface area contributed by atoms with Gasteiger partial charge in [-0.3, -0.25) is 4.98 Å². The van der Waals surface area contributed by atoms with Crippen molar-refractivity contribution in [2.24, 2.45) is 0 Å². The molecule has 4 heterocycles. The lowest BCUT2D eigenvalue weighted by atomic mass is 10.2. The number of halogens is 2. The number of hydrogen-bond acceptors (Lipinski definition) is 5. The molecule has 2 aliphatic rings. The first kappa shape index (κ1) is 17.2. The lowest BCUT2D eigenvalue weighted by Crippen LogP contribution is -2.33. The Balaban J connectivity index is 1.66. The van der Waals surface area contributed by atoms with Crippen molar-refractivity contribution in [1.82, 2.24) is 14.9 Å². The van der Waals surface area contributed by atoms with Gasteiger partial charge in [0, 0.05) is 25.8 Å². The van der Waals surface area contributed by atoms with Crippen LogP contribution in [0.15, 0.2) is 18.3 Å². The average molecular weight is 380 g/mol. The number of likely N-dealkylation sites (tertiary alicyclic amines) is 1. The van der Waals surface area contributed by atoms with Crippen molar-refractivity contribution in [3.63, 3.8) is 0 Å². The van der Waals surface area contributed by atoms with Crippen molar-refractivity contribution < 1.29 is 14.3 Å². The molecule has 0 spiro atoms. The molecule has 4 rings (SSSR count). The minimum absolute atomic E-state index is 0.278. The van der Waals surface area contributed by atoms with Crippen LogP contribution in [0.2, 0.25) is 5.02 Å². The van der Waals surface area contributed by atoms with Crippen molar-refractivity contribution in [1.29, 1.82) is 0 Å². The number of hydrogen-bond donors (Lipinski definition) is 2. The zero-order valence-electron chi connectivity index (χ0n) is 14.0. The Kier molecular flexibility index (Phi) is 4.54. The third-order valence-corrected chi connectivity index (χ3v) is 5.08. The zero-order valence-corrected chi connectivity index (χ0v) is 14.8. The van der Waals surface area contributed by atoms with Gasteiger partial charge < -0.3 is 20.2 Å². The number of fused-ring (bicyclic) bond motifs is 1. The standard InChI is InChI=1S/C17H19ClFN5O2/c18-12-7-20-13-1-2-14(23-5-3-10(19)8-23)21-16(13)15(12)22-17(26)24-6-4-11(25)9-24/h1-2,7,10-11,25H,3-6,8-9H2,(H,20,22,26). The van der Waals surface area contributed by atoms with Crippen LogP contribution in [0.1, 0.15) is 12.8 Å². The van der Waals surface area contributed by atoms with Gasteiger partial charge in [0.25, 0.3) is 0 Å².